The average Bonchev–Trinajstić information content (AvgIpc) is 3.01. The SMILES string of the molecule is CCOC(=O)[C@@]1(C#N)[C@H](c2ccccc2C)C[C@](O)(c2ccc(Cl)cc2)[C@H](C(=O)c2ccc(Cl)cc2)[C@@H]1c1ccccc1C. The summed E-state index contributed by atoms with van der Waals surface area (Å²) >= 11 is 12.5. The number of hydrogen-bond acceptors (Lipinski definition) is 5. The van der Waals surface area contributed by atoms with E-state index in [0.29, 0.717) is 26.7 Å². The first-order valence-electron chi connectivity index (χ1n) is 14.6. The summed E-state index contributed by atoms with van der Waals surface area (Å²) in [5.41, 5.74) is 0.0288. The largest absolute Gasteiger partial charge is 0.465 e. The Morgan fingerprint density at radius 1 is 0.864 bits per heavy atom. The maximum Gasteiger partial charge on any atom is 0.327 e. The van der Waals surface area contributed by atoms with Crippen molar-refractivity contribution in [2.24, 2.45) is 11.3 Å². The summed E-state index contributed by atoms with van der Waals surface area (Å²) in [6.07, 6.45) is -0.0990. The summed E-state index contributed by atoms with van der Waals surface area (Å²) in [5.74, 6) is -4.35. The molecular formula is C37H33Cl2NO4. The van der Waals surface area contributed by atoms with Crippen LogP contribution < -0.4 is 0 Å². The molecule has 0 aliphatic heterocycles. The van der Waals surface area contributed by atoms with Crippen LogP contribution in [-0.2, 0) is 15.1 Å². The standard InChI is InChI=1S/C37H33Cl2NO4/c1-4-44-35(42)36(22-40)31(29-11-7-5-9-23(29)2)21-37(43,26-15-19-28(39)20-16-26)33(32(36)30-12-8-6-10-24(30)3)34(41)25-13-17-27(38)18-14-25/h5-20,31-33,43H,4,21H2,1-3H3/t31-,32-,33-,36-,37-/m0/s1. The number of aliphatic hydroxyl groups is 1. The molecule has 0 saturated heterocycles. The van der Waals surface area contributed by atoms with E-state index in [1.165, 1.54) is 0 Å². The van der Waals surface area contributed by atoms with Crippen molar-refractivity contribution in [1.82, 2.24) is 0 Å². The minimum Gasteiger partial charge on any atom is -0.465 e. The van der Waals surface area contributed by atoms with E-state index in [0.717, 1.165) is 16.7 Å². The van der Waals surface area contributed by atoms with E-state index in [1.54, 1.807) is 55.5 Å². The maximum absolute atomic E-state index is 14.9. The number of ether oxygens (including phenoxy) is 1. The fraction of sp³-hybridized carbons (Fsp3) is 0.270. The van der Waals surface area contributed by atoms with Crippen LogP contribution >= 0.6 is 23.2 Å². The number of nitrogens with zero attached hydrogens (tertiary/aromatic N) is 1. The summed E-state index contributed by atoms with van der Waals surface area (Å²) in [6.45, 7) is 5.53. The summed E-state index contributed by atoms with van der Waals surface area (Å²) in [4.78, 5) is 29.3. The van der Waals surface area contributed by atoms with Gasteiger partial charge in [0, 0.05) is 27.4 Å². The summed E-state index contributed by atoms with van der Waals surface area (Å²) < 4.78 is 5.71. The van der Waals surface area contributed by atoms with Crippen LogP contribution in [0.2, 0.25) is 10.0 Å². The second-order valence-corrected chi connectivity index (χ2v) is 12.3. The van der Waals surface area contributed by atoms with E-state index in [-0.39, 0.29) is 13.0 Å². The molecule has 224 valence electrons. The molecule has 1 fully saturated rings. The molecule has 0 amide bonds. The van der Waals surface area contributed by atoms with E-state index in [4.69, 9.17) is 27.9 Å². The fourth-order valence-corrected chi connectivity index (χ4v) is 7.21. The van der Waals surface area contributed by atoms with Crippen molar-refractivity contribution in [3.05, 3.63) is 140 Å². The summed E-state index contributed by atoms with van der Waals surface area (Å²) in [7, 11) is 0. The highest BCUT2D eigenvalue weighted by Gasteiger charge is 2.68. The van der Waals surface area contributed by atoms with Crippen LogP contribution in [-0.4, -0.2) is 23.5 Å². The van der Waals surface area contributed by atoms with Crippen molar-refractivity contribution in [1.29, 1.82) is 5.26 Å². The van der Waals surface area contributed by atoms with Gasteiger partial charge in [-0.25, -0.2) is 0 Å². The van der Waals surface area contributed by atoms with Gasteiger partial charge < -0.3 is 9.84 Å². The number of halogens is 2. The van der Waals surface area contributed by atoms with Gasteiger partial charge in [0.05, 0.1) is 18.6 Å². The van der Waals surface area contributed by atoms with Crippen molar-refractivity contribution < 1.29 is 19.4 Å². The Kier molecular flexibility index (Phi) is 9.00. The molecule has 5 atom stereocenters. The first kappa shape index (κ1) is 31.5. The number of carbonyl (C=O) groups excluding carboxylic acids is 2. The normalized spacial score (nSPS) is 24.7. The zero-order chi connectivity index (χ0) is 31.6. The lowest BCUT2D eigenvalue weighted by molar-refractivity contribution is -0.164. The Labute approximate surface area is 268 Å². The Bertz CT molecular complexity index is 1730. The molecule has 0 spiro atoms. The lowest BCUT2D eigenvalue weighted by Gasteiger charge is -2.54. The van der Waals surface area contributed by atoms with Crippen LogP contribution in [0.4, 0.5) is 0 Å². The molecule has 5 nitrogen and oxygen atoms in total. The highest BCUT2D eigenvalue weighted by molar-refractivity contribution is 6.31. The minimum atomic E-state index is -1.88. The third-order valence-electron chi connectivity index (χ3n) is 9.04. The van der Waals surface area contributed by atoms with Gasteiger partial charge in [-0.3, -0.25) is 9.59 Å². The van der Waals surface area contributed by atoms with E-state index in [1.807, 2.05) is 62.4 Å². The molecule has 4 aromatic rings. The number of Topliss-reactive ketones (excluding diaryl/α,β-unsaturated/α-hetero) is 1. The number of aryl methyl sites for hydroxylation is 2. The molecule has 0 bridgehead atoms. The molecule has 44 heavy (non-hydrogen) atoms. The molecule has 1 N–H and O–H groups in total. The summed E-state index contributed by atoms with van der Waals surface area (Å²) in [6, 6.07) is 30.5. The van der Waals surface area contributed by atoms with Crippen molar-refractivity contribution in [3.8, 4) is 6.07 Å². The molecule has 1 aliphatic rings. The Morgan fingerprint density at radius 2 is 1.39 bits per heavy atom. The molecule has 1 aliphatic carbocycles. The van der Waals surface area contributed by atoms with Gasteiger partial charge in [0.1, 0.15) is 5.60 Å². The fourth-order valence-electron chi connectivity index (χ4n) is 6.96. The van der Waals surface area contributed by atoms with Gasteiger partial charge in [0.15, 0.2) is 11.2 Å². The monoisotopic (exact) mass is 625 g/mol. The van der Waals surface area contributed by atoms with E-state index in [9.17, 15) is 20.0 Å². The third-order valence-corrected chi connectivity index (χ3v) is 9.55. The Hall–Kier alpha value is -3.95. The zero-order valence-electron chi connectivity index (χ0n) is 24.8. The van der Waals surface area contributed by atoms with Crippen LogP contribution in [0.3, 0.4) is 0 Å². The molecule has 0 heterocycles. The molecule has 0 unspecified atom stereocenters. The average molecular weight is 627 g/mol. The molecule has 7 heteroatoms. The quantitative estimate of drug-likeness (QED) is 0.165. The van der Waals surface area contributed by atoms with E-state index in [2.05, 4.69) is 6.07 Å². The smallest absolute Gasteiger partial charge is 0.327 e. The minimum absolute atomic E-state index is 0.0422. The number of ketones is 1. The van der Waals surface area contributed by atoms with Gasteiger partial charge in [0.2, 0.25) is 0 Å². The molecular weight excluding hydrogens is 593 g/mol. The Morgan fingerprint density at radius 3 is 1.91 bits per heavy atom. The third kappa shape index (κ3) is 5.32. The predicted octanol–water partition coefficient (Wildman–Crippen LogP) is 8.34. The maximum atomic E-state index is 14.9. The zero-order valence-corrected chi connectivity index (χ0v) is 26.3. The van der Waals surface area contributed by atoms with Gasteiger partial charge >= 0.3 is 5.97 Å². The number of nitriles is 1. The number of esters is 1. The number of benzene rings is 4. The first-order valence-corrected chi connectivity index (χ1v) is 15.3. The van der Waals surface area contributed by atoms with E-state index >= 15 is 0 Å². The van der Waals surface area contributed by atoms with Gasteiger partial charge in [-0.05, 0) is 91.4 Å². The lowest BCUT2D eigenvalue weighted by atomic mass is 9.47. The molecule has 1 saturated carbocycles. The number of rotatable bonds is 7. The molecule has 0 aromatic heterocycles. The van der Waals surface area contributed by atoms with Gasteiger partial charge in [-0.2, -0.15) is 5.26 Å². The molecule has 5 rings (SSSR count). The van der Waals surface area contributed by atoms with Crippen molar-refractivity contribution >= 4 is 35.0 Å². The van der Waals surface area contributed by atoms with Gasteiger partial charge in [-0.15, -0.1) is 0 Å². The second-order valence-electron chi connectivity index (χ2n) is 11.4. The van der Waals surface area contributed by atoms with Crippen LogP contribution in [0, 0.1) is 36.5 Å². The number of hydrogen-bond donors (Lipinski definition) is 1. The van der Waals surface area contributed by atoms with Crippen molar-refractivity contribution in [3.63, 3.8) is 0 Å². The van der Waals surface area contributed by atoms with Crippen LogP contribution in [0.5, 0.6) is 0 Å². The second kappa shape index (κ2) is 12.6. The van der Waals surface area contributed by atoms with E-state index < -0.39 is 40.5 Å². The Balaban J connectivity index is 1.93. The van der Waals surface area contributed by atoms with Crippen molar-refractivity contribution in [2.45, 2.75) is 44.6 Å². The predicted molar refractivity (Wildman–Crippen MR) is 172 cm³/mol. The van der Waals surface area contributed by atoms with Crippen LogP contribution in [0.1, 0.15) is 63.4 Å². The van der Waals surface area contributed by atoms with Gasteiger partial charge in [-0.1, -0.05) is 83.9 Å². The summed E-state index contributed by atoms with van der Waals surface area (Å²) in [5, 5.41) is 25.3. The van der Waals surface area contributed by atoms with Crippen molar-refractivity contribution in [2.75, 3.05) is 6.61 Å². The van der Waals surface area contributed by atoms with Crippen LogP contribution in [0.25, 0.3) is 0 Å². The topological polar surface area (TPSA) is 87.4 Å². The first-order chi connectivity index (χ1) is 21.1. The lowest BCUT2D eigenvalue weighted by Crippen LogP contribution is -2.59. The molecule has 4 aromatic carbocycles. The highest BCUT2D eigenvalue weighted by atomic mass is 35.5. The molecule has 0 radical (unpaired) electrons. The highest BCUT2D eigenvalue weighted by Crippen LogP contribution is 2.64. The van der Waals surface area contributed by atoms with Crippen LogP contribution in [0.15, 0.2) is 97.1 Å². The number of carbonyl (C=O) groups is 2. The van der Waals surface area contributed by atoms with Gasteiger partial charge in [0.25, 0.3) is 0 Å².